The van der Waals surface area contributed by atoms with E-state index in [-0.39, 0.29) is 0 Å². The summed E-state index contributed by atoms with van der Waals surface area (Å²) in [7, 11) is 1.72. The number of hydrogen-bond donors (Lipinski definition) is 1. The first-order valence-electron chi connectivity index (χ1n) is 6.32. The number of nitrogens with zero attached hydrogens (tertiary/aromatic N) is 2. The molecular weight excluding hydrogens is 214 g/mol. The third-order valence-electron chi connectivity index (χ3n) is 2.72. The van der Waals surface area contributed by atoms with Gasteiger partial charge in [-0.2, -0.15) is 0 Å². The van der Waals surface area contributed by atoms with Gasteiger partial charge in [0.25, 0.3) is 0 Å². The van der Waals surface area contributed by atoms with Gasteiger partial charge in [0, 0.05) is 37.9 Å². The number of methoxy groups -OCH3 is 1. The van der Waals surface area contributed by atoms with Gasteiger partial charge in [0.05, 0.1) is 0 Å². The number of hydrogen-bond acceptors (Lipinski definition) is 4. The average molecular weight is 237 g/mol. The monoisotopic (exact) mass is 237 g/mol. The summed E-state index contributed by atoms with van der Waals surface area (Å²) in [5.41, 5.74) is 2.31. The molecule has 1 aromatic heterocycles. The maximum absolute atomic E-state index is 5.05. The number of ether oxygens (including phenoxy) is 1. The third-order valence-corrected chi connectivity index (χ3v) is 2.72. The second-order valence-corrected chi connectivity index (χ2v) is 4.04. The molecule has 0 unspecified atom stereocenters. The van der Waals surface area contributed by atoms with Crippen LogP contribution in [-0.2, 0) is 17.6 Å². The number of anilines is 1. The maximum atomic E-state index is 5.05. The van der Waals surface area contributed by atoms with Crippen molar-refractivity contribution in [3.05, 3.63) is 17.1 Å². The zero-order valence-corrected chi connectivity index (χ0v) is 11.3. The zero-order chi connectivity index (χ0) is 12.7. The van der Waals surface area contributed by atoms with Gasteiger partial charge < -0.3 is 10.1 Å². The summed E-state index contributed by atoms with van der Waals surface area (Å²) in [6.45, 7) is 7.94. The Hall–Kier alpha value is -1.16. The molecule has 0 aliphatic rings. The molecule has 4 nitrogen and oxygen atoms in total. The standard InChI is InChI=1S/C13H23N3O/c1-5-11-10(3)13(14-6-2)16-12(15-11)8-7-9-17-4/h5-9H2,1-4H3,(H,14,15,16). The van der Waals surface area contributed by atoms with Crippen molar-refractivity contribution in [1.82, 2.24) is 9.97 Å². The fourth-order valence-corrected chi connectivity index (χ4v) is 1.78. The van der Waals surface area contributed by atoms with E-state index in [1.165, 1.54) is 5.56 Å². The number of rotatable bonds is 7. The predicted molar refractivity (Wildman–Crippen MR) is 70.5 cm³/mol. The van der Waals surface area contributed by atoms with Crippen LogP contribution in [0.5, 0.6) is 0 Å². The third kappa shape index (κ3) is 3.97. The SMILES string of the molecule is CCNc1nc(CCCOC)nc(CC)c1C. The first-order valence-corrected chi connectivity index (χ1v) is 6.32. The van der Waals surface area contributed by atoms with E-state index in [2.05, 4.69) is 36.1 Å². The highest BCUT2D eigenvalue weighted by Gasteiger charge is 2.08. The first-order chi connectivity index (χ1) is 8.22. The molecule has 4 heteroatoms. The molecule has 0 amide bonds. The van der Waals surface area contributed by atoms with Crippen molar-refractivity contribution in [3.63, 3.8) is 0 Å². The maximum Gasteiger partial charge on any atom is 0.132 e. The Kier molecular flexibility index (Phi) is 5.91. The van der Waals surface area contributed by atoms with E-state index in [0.29, 0.717) is 0 Å². The highest BCUT2D eigenvalue weighted by molar-refractivity contribution is 5.45. The molecule has 0 aliphatic carbocycles. The lowest BCUT2D eigenvalue weighted by Crippen LogP contribution is -2.10. The Morgan fingerprint density at radius 1 is 1.24 bits per heavy atom. The molecule has 1 rings (SSSR count). The largest absolute Gasteiger partial charge is 0.385 e. The second kappa shape index (κ2) is 7.22. The minimum Gasteiger partial charge on any atom is -0.385 e. The van der Waals surface area contributed by atoms with E-state index in [0.717, 1.165) is 49.8 Å². The Balaban J connectivity index is 2.86. The quantitative estimate of drug-likeness (QED) is 0.740. The summed E-state index contributed by atoms with van der Waals surface area (Å²) in [6.07, 6.45) is 2.79. The first kappa shape index (κ1) is 13.9. The summed E-state index contributed by atoms with van der Waals surface area (Å²) in [5.74, 6) is 1.90. The van der Waals surface area contributed by atoms with Crippen LogP contribution in [0, 0.1) is 6.92 Å². The van der Waals surface area contributed by atoms with Gasteiger partial charge in [-0.25, -0.2) is 9.97 Å². The van der Waals surface area contributed by atoms with Crippen molar-refractivity contribution < 1.29 is 4.74 Å². The van der Waals surface area contributed by atoms with Crippen molar-refractivity contribution in [1.29, 1.82) is 0 Å². The summed E-state index contributed by atoms with van der Waals surface area (Å²) in [4.78, 5) is 9.16. The fourth-order valence-electron chi connectivity index (χ4n) is 1.78. The smallest absolute Gasteiger partial charge is 0.132 e. The van der Waals surface area contributed by atoms with Crippen LogP contribution >= 0.6 is 0 Å². The highest BCUT2D eigenvalue weighted by Crippen LogP contribution is 2.16. The lowest BCUT2D eigenvalue weighted by molar-refractivity contribution is 0.194. The zero-order valence-electron chi connectivity index (χ0n) is 11.3. The van der Waals surface area contributed by atoms with Gasteiger partial charge in [-0.3, -0.25) is 0 Å². The normalized spacial score (nSPS) is 10.6. The van der Waals surface area contributed by atoms with Crippen LogP contribution in [0.25, 0.3) is 0 Å². The van der Waals surface area contributed by atoms with Crippen molar-refractivity contribution in [2.75, 3.05) is 25.6 Å². The molecule has 0 fully saturated rings. The Morgan fingerprint density at radius 2 is 2.00 bits per heavy atom. The van der Waals surface area contributed by atoms with Crippen LogP contribution in [0.4, 0.5) is 5.82 Å². The Bertz CT molecular complexity index is 353. The highest BCUT2D eigenvalue weighted by atomic mass is 16.5. The minimum atomic E-state index is 0.759. The minimum absolute atomic E-state index is 0.759. The van der Waals surface area contributed by atoms with Crippen LogP contribution in [0.15, 0.2) is 0 Å². The second-order valence-electron chi connectivity index (χ2n) is 4.04. The Labute approximate surface area is 104 Å². The average Bonchev–Trinajstić information content (AvgIpc) is 2.33. The van der Waals surface area contributed by atoms with Gasteiger partial charge in [-0.1, -0.05) is 6.92 Å². The van der Waals surface area contributed by atoms with Crippen molar-refractivity contribution in [2.24, 2.45) is 0 Å². The molecule has 1 N–H and O–H groups in total. The van der Waals surface area contributed by atoms with E-state index < -0.39 is 0 Å². The topological polar surface area (TPSA) is 47.0 Å². The fraction of sp³-hybridized carbons (Fsp3) is 0.692. The van der Waals surface area contributed by atoms with E-state index in [9.17, 15) is 0 Å². The Morgan fingerprint density at radius 3 is 2.59 bits per heavy atom. The lowest BCUT2D eigenvalue weighted by Gasteiger charge is -2.12. The van der Waals surface area contributed by atoms with Crippen LogP contribution in [0.3, 0.4) is 0 Å². The molecule has 0 saturated carbocycles. The molecular formula is C13H23N3O. The van der Waals surface area contributed by atoms with Gasteiger partial charge in [-0.15, -0.1) is 0 Å². The molecule has 96 valence electrons. The number of aromatic nitrogens is 2. The predicted octanol–water partition coefficient (Wildman–Crippen LogP) is 2.36. The van der Waals surface area contributed by atoms with Crippen LogP contribution in [0.1, 0.15) is 37.4 Å². The van der Waals surface area contributed by atoms with E-state index in [1.54, 1.807) is 7.11 Å². The lowest BCUT2D eigenvalue weighted by atomic mass is 10.2. The summed E-state index contributed by atoms with van der Waals surface area (Å²) < 4.78 is 5.05. The van der Waals surface area contributed by atoms with Crippen LogP contribution in [0.2, 0.25) is 0 Å². The summed E-state index contributed by atoms with van der Waals surface area (Å²) >= 11 is 0. The van der Waals surface area contributed by atoms with Gasteiger partial charge >= 0.3 is 0 Å². The molecule has 0 atom stereocenters. The molecule has 0 bridgehead atoms. The van der Waals surface area contributed by atoms with Crippen LogP contribution < -0.4 is 5.32 Å². The molecule has 0 spiro atoms. The summed E-state index contributed by atoms with van der Waals surface area (Å²) in [5, 5.41) is 3.30. The number of nitrogens with one attached hydrogen (secondary N) is 1. The molecule has 0 radical (unpaired) electrons. The van der Waals surface area contributed by atoms with Gasteiger partial charge in [0.15, 0.2) is 0 Å². The van der Waals surface area contributed by atoms with Crippen LogP contribution in [-0.4, -0.2) is 30.2 Å². The summed E-state index contributed by atoms with van der Waals surface area (Å²) in [6, 6.07) is 0. The van der Waals surface area contributed by atoms with Gasteiger partial charge in [0.1, 0.15) is 11.6 Å². The molecule has 0 aliphatic heterocycles. The molecule has 0 aromatic carbocycles. The van der Waals surface area contributed by atoms with Crippen molar-refractivity contribution in [3.8, 4) is 0 Å². The molecule has 1 heterocycles. The molecule has 1 aromatic rings. The van der Waals surface area contributed by atoms with Gasteiger partial charge in [-0.05, 0) is 26.7 Å². The number of aryl methyl sites for hydroxylation is 2. The van der Waals surface area contributed by atoms with E-state index >= 15 is 0 Å². The molecule has 0 saturated heterocycles. The van der Waals surface area contributed by atoms with Gasteiger partial charge in [0.2, 0.25) is 0 Å². The van der Waals surface area contributed by atoms with Crippen molar-refractivity contribution >= 4 is 5.82 Å². The van der Waals surface area contributed by atoms with Crippen molar-refractivity contribution in [2.45, 2.75) is 40.0 Å². The van der Waals surface area contributed by atoms with E-state index in [1.807, 2.05) is 0 Å². The molecule has 17 heavy (non-hydrogen) atoms. The van der Waals surface area contributed by atoms with E-state index in [4.69, 9.17) is 4.74 Å².